The van der Waals surface area contributed by atoms with Gasteiger partial charge in [-0.3, -0.25) is 5.43 Å². The average molecular weight is 340 g/mol. The van der Waals surface area contributed by atoms with E-state index in [1.807, 2.05) is 24.3 Å². The van der Waals surface area contributed by atoms with Gasteiger partial charge in [-0.1, -0.05) is 26.2 Å². The summed E-state index contributed by atoms with van der Waals surface area (Å²) in [4.78, 5) is 10.8. The third-order valence-electron chi connectivity index (χ3n) is 3.69. The van der Waals surface area contributed by atoms with Crippen LogP contribution in [0.15, 0.2) is 53.6 Å². The van der Waals surface area contributed by atoms with Crippen molar-refractivity contribution in [1.82, 2.24) is 0 Å². The van der Waals surface area contributed by atoms with Crippen LogP contribution in [-0.2, 0) is 0 Å². The Morgan fingerprint density at radius 2 is 1.80 bits per heavy atom. The monoisotopic (exact) mass is 340 g/mol. The highest BCUT2D eigenvalue weighted by molar-refractivity contribution is 5.88. The van der Waals surface area contributed by atoms with Gasteiger partial charge in [0, 0.05) is 0 Å². The Kier molecular flexibility index (Phi) is 7.50. The number of hydrazone groups is 1. The Hall–Kier alpha value is -2.82. The fraction of sp³-hybridized carbons (Fsp3) is 0.300. The number of anilines is 1. The molecule has 0 spiro atoms. The number of nitrogens with one attached hydrogen (secondary N) is 1. The Labute approximate surface area is 148 Å². The smallest absolute Gasteiger partial charge is 0.335 e. The van der Waals surface area contributed by atoms with Gasteiger partial charge in [0.15, 0.2) is 0 Å². The predicted octanol–water partition coefficient (Wildman–Crippen LogP) is 4.79. The molecular weight excluding hydrogens is 316 g/mol. The number of unbranched alkanes of at least 4 members (excludes halogenated alkanes) is 3. The van der Waals surface area contributed by atoms with Gasteiger partial charge in [0.1, 0.15) is 5.75 Å². The molecule has 5 heteroatoms. The summed E-state index contributed by atoms with van der Waals surface area (Å²) in [5.74, 6) is -0.0754. The normalized spacial score (nSPS) is 10.8. The van der Waals surface area contributed by atoms with E-state index in [1.54, 1.807) is 18.3 Å². The van der Waals surface area contributed by atoms with Crippen molar-refractivity contribution in [3.8, 4) is 5.75 Å². The number of rotatable bonds is 10. The molecule has 2 rings (SSSR count). The molecule has 2 aromatic rings. The fourth-order valence-electron chi connectivity index (χ4n) is 2.24. The lowest BCUT2D eigenvalue weighted by atomic mass is 10.2. The summed E-state index contributed by atoms with van der Waals surface area (Å²) in [6, 6.07) is 14.2. The third kappa shape index (κ3) is 6.67. The first kappa shape index (κ1) is 18.5. The minimum absolute atomic E-state index is 0.250. The fourth-order valence-corrected chi connectivity index (χ4v) is 2.24. The number of benzene rings is 2. The van der Waals surface area contributed by atoms with E-state index in [2.05, 4.69) is 17.5 Å². The predicted molar refractivity (Wildman–Crippen MR) is 101 cm³/mol. The summed E-state index contributed by atoms with van der Waals surface area (Å²) in [6.45, 7) is 2.95. The number of carboxylic acid groups (broad SMARTS) is 1. The maximum atomic E-state index is 10.8. The number of ether oxygens (including phenoxy) is 1. The molecule has 0 aliphatic carbocycles. The van der Waals surface area contributed by atoms with Gasteiger partial charge in [0.2, 0.25) is 0 Å². The quantitative estimate of drug-likeness (QED) is 0.370. The number of hydrogen-bond donors (Lipinski definition) is 2. The maximum Gasteiger partial charge on any atom is 0.335 e. The van der Waals surface area contributed by atoms with Crippen LogP contribution < -0.4 is 10.2 Å². The molecule has 2 aromatic carbocycles. The molecule has 0 saturated carbocycles. The van der Waals surface area contributed by atoms with E-state index >= 15 is 0 Å². The summed E-state index contributed by atoms with van der Waals surface area (Å²) in [7, 11) is 0. The highest BCUT2D eigenvalue weighted by atomic mass is 16.5. The van der Waals surface area contributed by atoms with Crippen molar-refractivity contribution in [3.63, 3.8) is 0 Å². The van der Waals surface area contributed by atoms with E-state index in [9.17, 15) is 4.79 Å². The largest absolute Gasteiger partial charge is 0.494 e. The van der Waals surface area contributed by atoms with Crippen LogP contribution in [-0.4, -0.2) is 23.9 Å². The minimum atomic E-state index is -0.942. The molecule has 0 saturated heterocycles. The average Bonchev–Trinajstić information content (AvgIpc) is 2.63. The van der Waals surface area contributed by atoms with Crippen molar-refractivity contribution >= 4 is 17.9 Å². The van der Waals surface area contributed by atoms with Crippen molar-refractivity contribution in [2.24, 2.45) is 5.10 Å². The van der Waals surface area contributed by atoms with E-state index in [4.69, 9.17) is 9.84 Å². The number of carbonyl (C=O) groups is 1. The summed E-state index contributed by atoms with van der Waals surface area (Å²) >= 11 is 0. The third-order valence-corrected chi connectivity index (χ3v) is 3.69. The van der Waals surface area contributed by atoms with Crippen LogP contribution >= 0.6 is 0 Å². The molecule has 0 fully saturated rings. The van der Waals surface area contributed by atoms with Gasteiger partial charge in [0.25, 0.3) is 0 Å². The number of aromatic carboxylic acids is 1. The zero-order valence-corrected chi connectivity index (χ0v) is 14.4. The molecular formula is C20H24N2O3. The minimum Gasteiger partial charge on any atom is -0.494 e. The summed E-state index contributed by atoms with van der Waals surface area (Å²) in [6.07, 6.45) is 6.48. The Morgan fingerprint density at radius 3 is 2.44 bits per heavy atom. The Bertz CT molecular complexity index is 679. The number of nitrogens with zero attached hydrogens (tertiary/aromatic N) is 1. The van der Waals surface area contributed by atoms with Gasteiger partial charge in [-0.2, -0.15) is 5.10 Å². The zero-order chi connectivity index (χ0) is 17.9. The number of hydrogen-bond acceptors (Lipinski definition) is 4. The van der Waals surface area contributed by atoms with Crippen molar-refractivity contribution in [2.75, 3.05) is 12.0 Å². The first-order valence-corrected chi connectivity index (χ1v) is 8.54. The lowest BCUT2D eigenvalue weighted by molar-refractivity contribution is 0.0697. The van der Waals surface area contributed by atoms with Crippen LogP contribution in [0.2, 0.25) is 0 Å². The lowest BCUT2D eigenvalue weighted by Gasteiger charge is -2.06. The molecule has 0 radical (unpaired) electrons. The van der Waals surface area contributed by atoms with Gasteiger partial charge < -0.3 is 9.84 Å². The molecule has 25 heavy (non-hydrogen) atoms. The van der Waals surface area contributed by atoms with Gasteiger partial charge in [-0.15, -0.1) is 0 Å². The molecule has 0 atom stereocenters. The van der Waals surface area contributed by atoms with Gasteiger partial charge in [-0.05, 0) is 60.5 Å². The summed E-state index contributed by atoms with van der Waals surface area (Å²) in [5.41, 5.74) is 4.80. The Balaban J connectivity index is 1.78. The van der Waals surface area contributed by atoms with Crippen molar-refractivity contribution in [2.45, 2.75) is 32.6 Å². The molecule has 0 bridgehead atoms. The second-order valence-corrected chi connectivity index (χ2v) is 5.73. The maximum absolute atomic E-state index is 10.8. The first-order valence-electron chi connectivity index (χ1n) is 8.54. The van der Waals surface area contributed by atoms with Gasteiger partial charge in [0.05, 0.1) is 24.1 Å². The molecule has 2 N–H and O–H groups in total. The zero-order valence-electron chi connectivity index (χ0n) is 14.4. The van der Waals surface area contributed by atoms with Gasteiger partial charge in [-0.25, -0.2) is 4.79 Å². The molecule has 0 aromatic heterocycles. The molecule has 132 valence electrons. The molecule has 0 amide bonds. The Morgan fingerprint density at radius 1 is 1.08 bits per heavy atom. The highest BCUT2D eigenvalue weighted by Crippen LogP contribution is 2.13. The SMILES string of the molecule is CCCCCCOc1ccc(/C=N/Nc2ccc(C(=O)O)cc2)cc1. The van der Waals surface area contributed by atoms with Crippen LogP contribution in [0.5, 0.6) is 5.75 Å². The second kappa shape index (κ2) is 10.1. The molecule has 0 heterocycles. The van der Waals surface area contributed by atoms with Crippen LogP contribution in [0.3, 0.4) is 0 Å². The van der Waals surface area contributed by atoms with Crippen molar-refractivity contribution in [3.05, 3.63) is 59.7 Å². The van der Waals surface area contributed by atoms with Crippen LogP contribution in [0.1, 0.15) is 48.5 Å². The molecule has 0 aliphatic rings. The number of carboxylic acids is 1. The van der Waals surface area contributed by atoms with E-state index in [1.165, 1.54) is 31.4 Å². The van der Waals surface area contributed by atoms with Crippen molar-refractivity contribution < 1.29 is 14.6 Å². The van der Waals surface area contributed by atoms with E-state index < -0.39 is 5.97 Å². The lowest BCUT2D eigenvalue weighted by Crippen LogP contribution is -1.97. The topological polar surface area (TPSA) is 70.9 Å². The highest BCUT2D eigenvalue weighted by Gasteiger charge is 2.00. The van der Waals surface area contributed by atoms with E-state index in [0.717, 1.165) is 30.0 Å². The van der Waals surface area contributed by atoms with E-state index in [0.29, 0.717) is 0 Å². The molecule has 5 nitrogen and oxygen atoms in total. The first-order chi connectivity index (χ1) is 12.2. The van der Waals surface area contributed by atoms with Crippen LogP contribution in [0.25, 0.3) is 0 Å². The van der Waals surface area contributed by atoms with Crippen LogP contribution in [0, 0.1) is 0 Å². The standard InChI is InChI=1S/C20H24N2O3/c1-2-3-4-5-14-25-19-12-6-16(7-13-19)15-21-22-18-10-8-17(9-11-18)20(23)24/h6-13,15,22H,2-5,14H2,1H3,(H,23,24)/b21-15+. The van der Waals surface area contributed by atoms with Crippen molar-refractivity contribution in [1.29, 1.82) is 0 Å². The second-order valence-electron chi connectivity index (χ2n) is 5.73. The molecule has 0 aliphatic heterocycles. The molecule has 0 unspecified atom stereocenters. The van der Waals surface area contributed by atoms with Gasteiger partial charge >= 0.3 is 5.97 Å². The summed E-state index contributed by atoms with van der Waals surface area (Å²) in [5, 5.41) is 13.0. The van der Waals surface area contributed by atoms with Crippen LogP contribution in [0.4, 0.5) is 5.69 Å². The van der Waals surface area contributed by atoms with E-state index in [-0.39, 0.29) is 5.56 Å². The summed E-state index contributed by atoms with van der Waals surface area (Å²) < 4.78 is 5.70.